The van der Waals surface area contributed by atoms with E-state index in [1.165, 1.54) is 0 Å². The van der Waals surface area contributed by atoms with Crippen LogP contribution in [0, 0.1) is 5.92 Å². The third kappa shape index (κ3) is 4.27. The minimum absolute atomic E-state index is 0.0301. The minimum Gasteiger partial charge on any atom is -0.394 e. The van der Waals surface area contributed by atoms with Crippen molar-refractivity contribution in [1.29, 1.82) is 0 Å². The van der Waals surface area contributed by atoms with E-state index in [0.29, 0.717) is 0 Å². The van der Waals surface area contributed by atoms with Crippen molar-refractivity contribution in [2.45, 2.75) is 46.1 Å². The molecule has 0 fully saturated rings. The van der Waals surface area contributed by atoms with Crippen LogP contribution in [0.3, 0.4) is 0 Å². The topological polar surface area (TPSA) is 49.3 Å². The van der Waals surface area contributed by atoms with Crippen LogP contribution in [0.2, 0.25) is 0 Å². The zero-order valence-corrected chi connectivity index (χ0v) is 8.84. The molecule has 0 saturated heterocycles. The molecule has 78 valence electrons. The molecule has 0 aromatic carbocycles. The molecule has 0 aliphatic carbocycles. The molecule has 3 nitrogen and oxygen atoms in total. The van der Waals surface area contributed by atoms with E-state index in [0.717, 1.165) is 19.3 Å². The molecule has 0 aromatic heterocycles. The number of carbonyl (C=O) groups excluding carboxylic acids is 1. The number of nitrogens with one attached hydrogen (secondary N) is 1. The quantitative estimate of drug-likeness (QED) is 0.658. The summed E-state index contributed by atoms with van der Waals surface area (Å²) in [5.41, 5.74) is 0. The number of aliphatic hydroxyl groups is 1. The number of hydrogen-bond donors (Lipinski definition) is 2. The molecule has 0 aliphatic heterocycles. The zero-order valence-electron chi connectivity index (χ0n) is 8.84. The van der Waals surface area contributed by atoms with E-state index >= 15 is 0 Å². The summed E-state index contributed by atoms with van der Waals surface area (Å²) < 4.78 is 0. The fourth-order valence-electron chi connectivity index (χ4n) is 1.26. The smallest absolute Gasteiger partial charge is 0.223 e. The first-order valence-electron chi connectivity index (χ1n) is 5.10. The number of hydrogen-bond acceptors (Lipinski definition) is 2. The second-order valence-corrected chi connectivity index (χ2v) is 3.31. The van der Waals surface area contributed by atoms with Crippen LogP contribution in [-0.4, -0.2) is 23.7 Å². The average molecular weight is 187 g/mol. The van der Waals surface area contributed by atoms with Crippen LogP contribution in [0.15, 0.2) is 0 Å². The van der Waals surface area contributed by atoms with Crippen LogP contribution in [0.25, 0.3) is 0 Å². The van der Waals surface area contributed by atoms with Crippen molar-refractivity contribution in [3.63, 3.8) is 0 Å². The van der Waals surface area contributed by atoms with E-state index < -0.39 is 0 Å². The summed E-state index contributed by atoms with van der Waals surface area (Å²) in [4.78, 5) is 11.5. The predicted molar refractivity (Wildman–Crippen MR) is 53.4 cm³/mol. The predicted octanol–water partition coefficient (Wildman–Crippen LogP) is 1.31. The van der Waals surface area contributed by atoms with Crippen molar-refractivity contribution in [1.82, 2.24) is 5.32 Å². The van der Waals surface area contributed by atoms with Gasteiger partial charge in [-0.25, -0.2) is 0 Å². The summed E-state index contributed by atoms with van der Waals surface area (Å²) in [5.74, 6) is 0.173. The lowest BCUT2D eigenvalue weighted by molar-refractivity contribution is -0.126. The molecule has 1 amide bonds. The van der Waals surface area contributed by atoms with Crippen molar-refractivity contribution >= 4 is 5.91 Å². The fraction of sp³-hybridized carbons (Fsp3) is 0.900. The van der Waals surface area contributed by atoms with E-state index in [4.69, 9.17) is 5.11 Å². The van der Waals surface area contributed by atoms with Crippen LogP contribution < -0.4 is 5.32 Å². The highest BCUT2D eigenvalue weighted by Gasteiger charge is 2.16. The Kier molecular flexibility index (Phi) is 6.59. The average Bonchev–Trinajstić information content (AvgIpc) is 2.16. The first-order chi connectivity index (χ1) is 6.19. The zero-order chi connectivity index (χ0) is 10.3. The van der Waals surface area contributed by atoms with E-state index in [-0.39, 0.29) is 24.5 Å². The third-order valence-electron chi connectivity index (χ3n) is 2.42. The Morgan fingerprint density at radius 1 is 1.23 bits per heavy atom. The van der Waals surface area contributed by atoms with Gasteiger partial charge in [-0.2, -0.15) is 0 Å². The summed E-state index contributed by atoms with van der Waals surface area (Å²) >= 11 is 0. The van der Waals surface area contributed by atoms with E-state index in [1.807, 2.05) is 20.8 Å². The van der Waals surface area contributed by atoms with Gasteiger partial charge in [-0.05, 0) is 19.3 Å². The van der Waals surface area contributed by atoms with E-state index in [9.17, 15) is 4.79 Å². The first-order valence-corrected chi connectivity index (χ1v) is 5.10. The summed E-state index contributed by atoms with van der Waals surface area (Å²) in [7, 11) is 0. The maximum Gasteiger partial charge on any atom is 0.223 e. The summed E-state index contributed by atoms with van der Waals surface area (Å²) in [6, 6.07) is -0.0758. The van der Waals surface area contributed by atoms with Crippen molar-refractivity contribution < 1.29 is 9.90 Å². The SMILES string of the molecule is CCC(CC)C(=O)N[C@H](CC)CO. The van der Waals surface area contributed by atoms with Crippen LogP contribution >= 0.6 is 0 Å². The first kappa shape index (κ1) is 12.4. The summed E-state index contributed by atoms with van der Waals surface area (Å²) in [5, 5.41) is 11.7. The molecule has 0 heterocycles. The lowest BCUT2D eigenvalue weighted by Gasteiger charge is -2.18. The third-order valence-corrected chi connectivity index (χ3v) is 2.42. The molecule has 0 rings (SSSR count). The number of carbonyl (C=O) groups is 1. The Labute approximate surface area is 80.5 Å². The van der Waals surface area contributed by atoms with Gasteiger partial charge in [-0.15, -0.1) is 0 Å². The normalized spacial score (nSPS) is 13.0. The highest BCUT2D eigenvalue weighted by atomic mass is 16.3. The maximum atomic E-state index is 11.5. The lowest BCUT2D eigenvalue weighted by atomic mass is 10.0. The molecular formula is C10H21NO2. The molecule has 3 heteroatoms. The second-order valence-electron chi connectivity index (χ2n) is 3.31. The highest BCUT2D eigenvalue weighted by Crippen LogP contribution is 2.07. The molecule has 0 spiro atoms. The van der Waals surface area contributed by atoms with Crippen molar-refractivity contribution in [2.24, 2.45) is 5.92 Å². The minimum atomic E-state index is -0.0758. The molecule has 0 aromatic rings. The second kappa shape index (κ2) is 6.89. The van der Waals surface area contributed by atoms with Crippen LogP contribution in [-0.2, 0) is 4.79 Å². The van der Waals surface area contributed by atoms with Gasteiger partial charge in [0.1, 0.15) is 0 Å². The molecule has 1 atom stereocenters. The van der Waals surface area contributed by atoms with Gasteiger partial charge in [0, 0.05) is 5.92 Å². The summed E-state index contributed by atoms with van der Waals surface area (Å²) in [6.45, 7) is 6.00. The van der Waals surface area contributed by atoms with Gasteiger partial charge in [-0.3, -0.25) is 4.79 Å². The lowest BCUT2D eigenvalue weighted by Crippen LogP contribution is -2.40. The van der Waals surface area contributed by atoms with E-state index in [1.54, 1.807) is 0 Å². The van der Waals surface area contributed by atoms with Gasteiger partial charge in [0.2, 0.25) is 5.91 Å². The number of aliphatic hydroxyl groups excluding tert-OH is 1. The molecule has 2 N–H and O–H groups in total. The van der Waals surface area contributed by atoms with Gasteiger partial charge in [0.05, 0.1) is 12.6 Å². The molecule has 0 saturated carbocycles. The molecule has 0 unspecified atom stereocenters. The van der Waals surface area contributed by atoms with Gasteiger partial charge < -0.3 is 10.4 Å². The summed E-state index contributed by atoms with van der Waals surface area (Å²) in [6.07, 6.45) is 2.51. The van der Waals surface area contributed by atoms with Crippen LogP contribution in [0.4, 0.5) is 0 Å². The fourth-order valence-corrected chi connectivity index (χ4v) is 1.26. The van der Waals surface area contributed by atoms with Gasteiger partial charge in [0.15, 0.2) is 0 Å². The Balaban J connectivity index is 3.95. The largest absolute Gasteiger partial charge is 0.394 e. The Hall–Kier alpha value is -0.570. The monoisotopic (exact) mass is 187 g/mol. The molecular weight excluding hydrogens is 166 g/mol. The molecule has 0 radical (unpaired) electrons. The van der Waals surface area contributed by atoms with Gasteiger partial charge in [-0.1, -0.05) is 20.8 Å². The molecule has 0 bridgehead atoms. The van der Waals surface area contributed by atoms with Crippen molar-refractivity contribution in [3.05, 3.63) is 0 Å². The molecule has 0 aliphatic rings. The molecule has 13 heavy (non-hydrogen) atoms. The number of amides is 1. The Morgan fingerprint density at radius 2 is 1.77 bits per heavy atom. The Bertz CT molecular complexity index is 140. The maximum absolute atomic E-state index is 11.5. The van der Waals surface area contributed by atoms with Gasteiger partial charge in [0.25, 0.3) is 0 Å². The Morgan fingerprint density at radius 3 is 2.08 bits per heavy atom. The standard InChI is InChI=1S/C10H21NO2/c1-4-8(5-2)10(13)11-9(6-3)7-12/h8-9,12H,4-7H2,1-3H3,(H,11,13)/t9-/m1/s1. The van der Waals surface area contributed by atoms with Crippen LogP contribution in [0.1, 0.15) is 40.0 Å². The van der Waals surface area contributed by atoms with Crippen LogP contribution in [0.5, 0.6) is 0 Å². The van der Waals surface area contributed by atoms with Crippen molar-refractivity contribution in [3.8, 4) is 0 Å². The number of rotatable bonds is 6. The van der Waals surface area contributed by atoms with Crippen molar-refractivity contribution in [2.75, 3.05) is 6.61 Å². The highest BCUT2D eigenvalue weighted by molar-refractivity contribution is 5.78. The van der Waals surface area contributed by atoms with E-state index in [2.05, 4.69) is 5.32 Å². The van der Waals surface area contributed by atoms with Gasteiger partial charge >= 0.3 is 0 Å².